The second-order valence-electron chi connectivity index (χ2n) is 6.54. The Bertz CT molecular complexity index is 916. The number of esters is 2. The second kappa shape index (κ2) is 10.6. The van der Waals surface area contributed by atoms with Gasteiger partial charge in [-0.15, -0.1) is 0 Å². The molecule has 8 nitrogen and oxygen atoms in total. The van der Waals surface area contributed by atoms with Crippen molar-refractivity contribution in [2.75, 3.05) is 19.5 Å². The van der Waals surface area contributed by atoms with Gasteiger partial charge in [0, 0.05) is 5.92 Å². The Balaban J connectivity index is 2.36. The number of thioether (sulfide) groups is 1. The van der Waals surface area contributed by atoms with Crippen LogP contribution in [0.1, 0.15) is 30.4 Å². The van der Waals surface area contributed by atoms with Crippen LogP contribution in [-0.2, 0) is 28.7 Å². The zero-order valence-corrected chi connectivity index (χ0v) is 17.7. The molecule has 30 heavy (non-hydrogen) atoms. The highest BCUT2D eigenvalue weighted by atomic mass is 32.2. The van der Waals surface area contributed by atoms with E-state index in [1.165, 1.54) is 7.11 Å². The molecular formula is C21H22N2O6S. The summed E-state index contributed by atoms with van der Waals surface area (Å²) in [7, 11) is 1.18. The van der Waals surface area contributed by atoms with E-state index in [0.29, 0.717) is 5.56 Å². The number of nitrogens with zero attached hydrogens (tertiary/aromatic N) is 1. The molecule has 1 N–H and O–H groups in total. The Morgan fingerprint density at radius 2 is 1.90 bits per heavy atom. The van der Waals surface area contributed by atoms with Crippen LogP contribution in [0, 0.1) is 24.2 Å². The highest BCUT2D eigenvalue weighted by Crippen LogP contribution is 2.40. The van der Waals surface area contributed by atoms with Gasteiger partial charge in [0.2, 0.25) is 5.91 Å². The van der Waals surface area contributed by atoms with Crippen LogP contribution < -0.4 is 5.32 Å². The number of aryl methyl sites for hydroxylation is 1. The minimum atomic E-state index is -1.23. The summed E-state index contributed by atoms with van der Waals surface area (Å²) in [5.74, 6) is -4.62. The predicted molar refractivity (Wildman–Crippen MR) is 109 cm³/mol. The average Bonchev–Trinajstić information content (AvgIpc) is 2.71. The van der Waals surface area contributed by atoms with Crippen LogP contribution in [0.3, 0.4) is 0 Å². The number of nitrogens with one attached hydrogen (secondary N) is 1. The molecule has 1 heterocycles. The number of carbonyl (C=O) groups is 4. The number of methoxy groups -OCH3 is 1. The van der Waals surface area contributed by atoms with Crippen LogP contribution in [-0.4, -0.2) is 43.1 Å². The third-order valence-corrected chi connectivity index (χ3v) is 5.52. The van der Waals surface area contributed by atoms with Gasteiger partial charge in [0.05, 0.1) is 36.1 Å². The molecule has 0 radical (unpaired) electrons. The molecule has 0 spiro atoms. The molecule has 2 atom stereocenters. The van der Waals surface area contributed by atoms with Crippen LogP contribution in [0.15, 0.2) is 34.9 Å². The van der Waals surface area contributed by atoms with Crippen molar-refractivity contribution in [2.24, 2.45) is 5.92 Å². The number of ketones is 1. The zero-order valence-electron chi connectivity index (χ0n) is 16.9. The van der Waals surface area contributed by atoms with E-state index >= 15 is 0 Å². The van der Waals surface area contributed by atoms with Crippen molar-refractivity contribution in [3.63, 3.8) is 0 Å². The van der Waals surface area contributed by atoms with Crippen LogP contribution in [0.4, 0.5) is 0 Å². The summed E-state index contributed by atoms with van der Waals surface area (Å²) in [5, 5.41) is 12.5. The highest BCUT2D eigenvalue weighted by Gasteiger charge is 2.44. The maximum absolute atomic E-state index is 12.7. The van der Waals surface area contributed by atoms with Crippen LogP contribution >= 0.6 is 11.8 Å². The standard InChI is InChI=1S/C21H22N2O6S/c1-4-29-16(25)9-14(24)11-30-20-15(10-22)17(13-7-5-12(2)6-8-13)18(19(26)23-20)21(27)28-3/h5-8,17-18H,4,9,11H2,1-3H3,(H,23,26)/t17-,18+/m0/s1. The van der Waals surface area contributed by atoms with Gasteiger partial charge in [-0.25, -0.2) is 0 Å². The van der Waals surface area contributed by atoms with Gasteiger partial charge in [-0.2, -0.15) is 5.26 Å². The Labute approximate surface area is 178 Å². The maximum Gasteiger partial charge on any atom is 0.319 e. The largest absolute Gasteiger partial charge is 0.468 e. The number of benzene rings is 1. The Hall–Kier alpha value is -3.12. The second-order valence-corrected chi connectivity index (χ2v) is 7.53. The number of Topliss-reactive ketones (excluding diaryl/α,β-unsaturated/α-hetero) is 1. The molecule has 0 fully saturated rings. The first-order valence-corrected chi connectivity index (χ1v) is 10.2. The van der Waals surface area contributed by atoms with Gasteiger partial charge in [-0.05, 0) is 19.4 Å². The van der Waals surface area contributed by atoms with Crippen molar-refractivity contribution in [1.29, 1.82) is 5.26 Å². The predicted octanol–water partition coefficient (Wildman–Crippen LogP) is 1.99. The molecule has 0 bridgehead atoms. The topological polar surface area (TPSA) is 123 Å². The molecule has 2 rings (SSSR count). The number of rotatable bonds is 8. The number of amides is 1. The van der Waals surface area contributed by atoms with Gasteiger partial charge in [0.1, 0.15) is 12.3 Å². The lowest BCUT2D eigenvalue weighted by molar-refractivity contribution is -0.151. The minimum absolute atomic E-state index is 0.136. The summed E-state index contributed by atoms with van der Waals surface area (Å²) in [5.41, 5.74) is 1.75. The third-order valence-electron chi connectivity index (χ3n) is 4.44. The Morgan fingerprint density at radius 3 is 2.47 bits per heavy atom. The number of carbonyl (C=O) groups excluding carboxylic acids is 4. The lowest BCUT2D eigenvalue weighted by Crippen LogP contribution is -2.44. The van der Waals surface area contributed by atoms with Crippen molar-refractivity contribution >= 4 is 35.4 Å². The first-order valence-electron chi connectivity index (χ1n) is 9.22. The van der Waals surface area contributed by atoms with E-state index in [0.717, 1.165) is 17.3 Å². The Morgan fingerprint density at radius 1 is 1.23 bits per heavy atom. The molecule has 9 heteroatoms. The minimum Gasteiger partial charge on any atom is -0.468 e. The summed E-state index contributed by atoms with van der Waals surface area (Å²) in [4.78, 5) is 48.5. The summed E-state index contributed by atoms with van der Waals surface area (Å²) in [6.45, 7) is 3.71. The number of ether oxygens (including phenoxy) is 2. The molecule has 1 aliphatic heterocycles. The average molecular weight is 430 g/mol. The van der Waals surface area contributed by atoms with Crippen molar-refractivity contribution in [3.05, 3.63) is 46.0 Å². The van der Waals surface area contributed by atoms with Gasteiger partial charge in [0.25, 0.3) is 0 Å². The van der Waals surface area contributed by atoms with E-state index in [-0.39, 0.29) is 23.0 Å². The SMILES string of the molecule is CCOC(=O)CC(=O)CSC1=C(C#N)[C@H](c2ccc(C)cc2)[C@@H](C(=O)OC)C(=O)N1. The summed E-state index contributed by atoms with van der Waals surface area (Å²) in [6.07, 6.45) is -0.393. The van der Waals surface area contributed by atoms with Crippen molar-refractivity contribution in [1.82, 2.24) is 5.32 Å². The highest BCUT2D eigenvalue weighted by molar-refractivity contribution is 8.03. The van der Waals surface area contributed by atoms with Gasteiger partial charge in [0.15, 0.2) is 5.78 Å². The first kappa shape index (κ1) is 23.2. The van der Waals surface area contributed by atoms with Crippen LogP contribution in [0.2, 0.25) is 0 Å². The summed E-state index contributed by atoms with van der Waals surface area (Å²) in [6, 6.07) is 9.21. The van der Waals surface area contributed by atoms with E-state index in [2.05, 4.69) is 11.4 Å². The van der Waals surface area contributed by atoms with Crippen molar-refractivity contribution in [3.8, 4) is 6.07 Å². The quantitative estimate of drug-likeness (QED) is 0.491. The molecule has 158 valence electrons. The monoisotopic (exact) mass is 430 g/mol. The van der Waals surface area contributed by atoms with Gasteiger partial charge in [-0.3, -0.25) is 19.2 Å². The fourth-order valence-corrected chi connectivity index (χ4v) is 3.94. The van der Waals surface area contributed by atoms with E-state index in [4.69, 9.17) is 9.47 Å². The number of hydrogen-bond donors (Lipinski definition) is 1. The van der Waals surface area contributed by atoms with Crippen LogP contribution in [0.5, 0.6) is 0 Å². The lowest BCUT2D eigenvalue weighted by Gasteiger charge is -2.31. The van der Waals surface area contributed by atoms with E-state index in [1.54, 1.807) is 19.1 Å². The normalized spacial score (nSPS) is 18.3. The molecule has 1 aliphatic rings. The first-order chi connectivity index (χ1) is 14.3. The maximum atomic E-state index is 12.7. The summed E-state index contributed by atoms with van der Waals surface area (Å²) >= 11 is 0.941. The zero-order chi connectivity index (χ0) is 22.3. The van der Waals surface area contributed by atoms with Crippen molar-refractivity contribution in [2.45, 2.75) is 26.2 Å². The van der Waals surface area contributed by atoms with Gasteiger partial charge < -0.3 is 14.8 Å². The van der Waals surface area contributed by atoms with E-state index < -0.39 is 41.9 Å². The molecule has 0 aromatic heterocycles. The fraction of sp³-hybridized carbons (Fsp3) is 0.381. The third kappa shape index (κ3) is 5.48. The van der Waals surface area contributed by atoms with E-state index in [9.17, 15) is 24.4 Å². The number of allylic oxidation sites excluding steroid dienone is 1. The molecule has 1 aromatic rings. The van der Waals surface area contributed by atoms with Gasteiger partial charge >= 0.3 is 11.9 Å². The number of hydrogen-bond acceptors (Lipinski definition) is 8. The summed E-state index contributed by atoms with van der Waals surface area (Å²) < 4.78 is 9.53. The molecule has 1 aromatic carbocycles. The lowest BCUT2D eigenvalue weighted by atomic mass is 9.78. The van der Waals surface area contributed by atoms with Gasteiger partial charge in [-0.1, -0.05) is 41.6 Å². The smallest absolute Gasteiger partial charge is 0.319 e. The molecule has 0 aliphatic carbocycles. The van der Waals surface area contributed by atoms with Crippen molar-refractivity contribution < 1.29 is 28.7 Å². The molecule has 1 amide bonds. The molecule has 0 saturated carbocycles. The molecule has 0 saturated heterocycles. The fourth-order valence-electron chi connectivity index (χ4n) is 3.03. The Kier molecular flexibility index (Phi) is 8.18. The molecular weight excluding hydrogens is 408 g/mol. The number of nitriles is 1. The van der Waals surface area contributed by atoms with E-state index in [1.807, 2.05) is 19.1 Å². The van der Waals surface area contributed by atoms with Crippen LogP contribution in [0.25, 0.3) is 0 Å². The molecule has 0 unspecified atom stereocenters.